The molecule has 1 heteroatoms. The predicted octanol–water partition coefficient (Wildman–Crippen LogP) is 3.35. The largest absolute Gasteiger partial charge is 0.466 e. The Bertz CT molecular complexity index is 235. The van der Waals surface area contributed by atoms with E-state index in [1.165, 1.54) is 12.8 Å². The molecule has 1 aromatic heterocycles. The van der Waals surface area contributed by atoms with Crippen LogP contribution in [-0.2, 0) is 12.8 Å². The Balaban J connectivity index is 2.46. The molecule has 0 aliphatic rings. The Morgan fingerprint density at radius 1 is 1.42 bits per heavy atom. The zero-order chi connectivity index (χ0) is 8.81. The van der Waals surface area contributed by atoms with Crippen molar-refractivity contribution in [2.45, 2.75) is 32.6 Å². The molecule has 0 N–H and O–H groups in total. The van der Waals surface area contributed by atoms with E-state index in [0.717, 1.165) is 24.4 Å². The molecule has 1 nitrogen and oxygen atoms in total. The van der Waals surface area contributed by atoms with Gasteiger partial charge in [0.15, 0.2) is 0 Å². The summed E-state index contributed by atoms with van der Waals surface area (Å²) in [5.74, 6) is 2.13. The van der Waals surface area contributed by atoms with Gasteiger partial charge in [-0.05, 0) is 18.6 Å². The zero-order valence-corrected chi connectivity index (χ0v) is 7.68. The van der Waals surface area contributed by atoms with Crippen LogP contribution in [0.25, 0.3) is 0 Å². The predicted molar refractivity (Wildman–Crippen MR) is 51.2 cm³/mol. The van der Waals surface area contributed by atoms with Gasteiger partial charge in [-0.15, -0.1) is 6.58 Å². The van der Waals surface area contributed by atoms with Gasteiger partial charge in [0.2, 0.25) is 0 Å². The summed E-state index contributed by atoms with van der Waals surface area (Å²) in [5.41, 5.74) is 0. The van der Waals surface area contributed by atoms with Gasteiger partial charge in [0.05, 0.1) is 0 Å². The molecule has 0 saturated carbocycles. The van der Waals surface area contributed by atoms with E-state index < -0.39 is 0 Å². The van der Waals surface area contributed by atoms with Crippen LogP contribution in [0.3, 0.4) is 0 Å². The first kappa shape index (κ1) is 9.11. The molecule has 0 aromatic carbocycles. The highest BCUT2D eigenvalue weighted by Crippen LogP contribution is 2.11. The Morgan fingerprint density at radius 2 is 2.17 bits per heavy atom. The minimum atomic E-state index is 0.839. The van der Waals surface area contributed by atoms with Gasteiger partial charge in [-0.2, -0.15) is 0 Å². The van der Waals surface area contributed by atoms with Gasteiger partial charge in [-0.3, -0.25) is 0 Å². The molecule has 0 atom stereocenters. The third-order valence-corrected chi connectivity index (χ3v) is 1.84. The fourth-order valence-electron chi connectivity index (χ4n) is 1.16. The highest BCUT2D eigenvalue weighted by Gasteiger charge is 1.98. The van der Waals surface area contributed by atoms with Gasteiger partial charge in [0.1, 0.15) is 11.5 Å². The number of hydrogen-bond acceptors (Lipinski definition) is 1. The van der Waals surface area contributed by atoms with E-state index in [2.05, 4.69) is 19.6 Å². The van der Waals surface area contributed by atoms with Crippen LogP contribution in [-0.4, -0.2) is 0 Å². The smallest absolute Gasteiger partial charge is 0.107 e. The zero-order valence-electron chi connectivity index (χ0n) is 7.68. The van der Waals surface area contributed by atoms with Crippen LogP contribution in [0, 0.1) is 0 Å². The van der Waals surface area contributed by atoms with Crippen LogP contribution < -0.4 is 0 Å². The van der Waals surface area contributed by atoms with E-state index in [4.69, 9.17) is 4.42 Å². The van der Waals surface area contributed by atoms with Gasteiger partial charge >= 0.3 is 0 Å². The molecule has 1 heterocycles. The van der Waals surface area contributed by atoms with Crippen LogP contribution in [0.4, 0.5) is 0 Å². The Morgan fingerprint density at radius 3 is 2.83 bits per heavy atom. The quantitative estimate of drug-likeness (QED) is 0.608. The number of hydrogen-bond donors (Lipinski definition) is 0. The third-order valence-electron chi connectivity index (χ3n) is 1.84. The normalized spacial score (nSPS) is 10.1. The average Bonchev–Trinajstić information content (AvgIpc) is 2.50. The molecule has 12 heavy (non-hydrogen) atoms. The van der Waals surface area contributed by atoms with Crippen molar-refractivity contribution in [1.82, 2.24) is 0 Å². The first-order valence-corrected chi connectivity index (χ1v) is 4.55. The van der Waals surface area contributed by atoms with Gasteiger partial charge < -0.3 is 4.42 Å². The summed E-state index contributed by atoms with van der Waals surface area (Å²) in [6.45, 7) is 5.86. The summed E-state index contributed by atoms with van der Waals surface area (Å²) in [5, 5.41) is 0. The molecule has 1 aromatic rings. The standard InChI is InChI=1S/C11H16O/c1-3-5-7-11-9-8-10(12-11)6-4-2/h4,8-9H,2-3,5-7H2,1H3. The molecule has 1 rings (SSSR count). The second-order valence-corrected chi connectivity index (χ2v) is 2.96. The molecular weight excluding hydrogens is 148 g/mol. The molecule has 66 valence electrons. The summed E-state index contributed by atoms with van der Waals surface area (Å²) >= 11 is 0. The molecule has 0 amide bonds. The molecule has 0 unspecified atom stereocenters. The lowest BCUT2D eigenvalue weighted by atomic mass is 10.2. The third kappa shape index (κ3) is 2.57. The summed E-state index contributed by atoms with van der Waals surface area (Å²) in [7, 11) is 0. The van der Waals surface area contributed by atoms with Gasteiger partial charge in [0, 0.05) is 12.8 Å². The number of furan rings is 1. The van der Waals surface area contributed by atoms with E-state index in [9.17, 15) is 0 Å². The van der Waals surface area contributed by atoms with Crippen LogP contribution in [0.1, 0.15) is 31.3 Å². The summed E-state index contributed by atoms with van der Waals surface area (Å²) in [4.78, 5) is 0. The van der Waals surface area contributed by atoms with E-state index >= 15 is 0 Å². The van der Waals surface area contributed by atoms with Gasteiger partial charge in [0.25, 0.3) is 0 Å². The lowest BCUT2D eigenvalue weighted by molar-refractivity contribution is 0.468. The molecule has 0 fully saturated rings. The maximum Gasteiger partial charge on any atom is 0.107 e. The summed E-state index contributed by atoms with van der Waals surface area (Å²) < 4.78 is 5.55. The van der Waals surface area contributed by atoms with Crippen LogP contribution >= 0.6 is 0 Å². The van der Waals surface area contributed by atoms with E-state index in [0.29, 0.717) is 0 Å². The Kier molecular flexibility index (Phi) is 3.65. The molecule has 0 radical (unpaired) electrons. The second kappa shape index (κ2) is 4.81. The maximum absolute atomic E-state index is 5.55. The molecule has 0 saturated heterocycles. The minimum Gasteiger partial charge on any atom is -0.466 e. The first-order valence-electron chi connectivity index (χ1n) is 4.55. The van der Waals surface area contributed by atoms with E-state index in [1.54, 1.807) is 0 Å². The van der Waals surface area contributed by atoms with Crippen molar-refractivity contribution < 1.29 is 4.42 Å². The van der Waals surface area contributed by atoms with Crippen molar-refractivity contribution in [1.29, 1.82) is 0 Å². The number of rotatable bonds is 5. The fourth-order valence-corrected chi connectivity index (χ4v) is 1.16. The number of allylic oxidation sites excluding steroid dienone is 1. The lowest BCUT2D eigenvalue weighted by Gasteiger charge is -1.93. The summed E-state index contributed by atoms with van der Waals surface area (Å²) in [6, 6.07) is 4.10. The van der Waals surface area contributed by atoms with Crippen molar-refractivity contribution in [3.63, 3.8) is 0 Å². The highest BCUT2D eigenvalue weighted by molar-refractivity contribution is 5.09. The summed E-state index contributed by atoms with van der Waals surface area (Å²) in [6.07, 6.45) is 6.20. The highest BCUT2D eigenvalue weighted by atomic mass is 16.3. The maximum atomic E-state index is 5.55. The topological polar surface area (TPSA) is 13.1 Å². The van der Waals surface area contributed by atoms with Gasteiger partial charge in [-0.1, -0.05) is 19.4 Å². The second-order valence-electron chi connectivity index (χ2n) is 2.96. The van der Waals surface area contributed by atoms with Gasteiger partial charge in [-0.25, -0.2) is 0 Å². The van der Waals surface area contributed by atoms with Crippen LogP contribution in [0.2, 0.25) is 0 Å². The van der Waals surface area contributed by atoms with Crippen molar-refractivity contribution in [3.05, 3.63) is 36.3 Å². The number of unbranched alkanes of at least 4 members (excludes halogenated alkanes) is 1. The van der Waals surface area contributed by atoms with Crippen molar-refractivity contribution in [3.8, 4) is 0 Å². The van der Waals surface area contributed by atoms with Crippen LogP contribution in [0.15, 0.2) is 29.2 Å². The van der Waals surface area contributed by atoms with Crippen molar-refractivity contribution in [2.75, 3.05) is 0 Å². The monoisotopic (exact) mass is 164 g/mol. The molecule has 0 bridgehead atoms. The lowest BCUT2D eigenvalue weighted by Crippen LogP contribution is -1.79. The Labute approximate surface area is 74.1 Å². The molecular formula is C11H16O. The van der Waals surface area contributed by atoms with Crippen molar-refractivity contribution >= 4 is 0 Å². The van der Waals surface area contributed by atoms with Crippen molar-refractivity contribution in [2.24, 2.45) is 0 Å². The minimum absolute atomic E-state index is 0.839. The fraction of sp³-hybridized carbons (Fsp3) is 0.455. The molecule has 0 aliphatic heterocycles. The van der Waals surface area contributed by atoms with E-state index in [-0.39, 0.29) is 0 Å². The van der Waals surface area contributed by atoms with Crippen LogP contribution in [0.5, 0.6) is 0 Å². The van der Waals surface area contributed by atoms with E-state index in [1.807, 2.05) is 12.1 Å². The average molecular weight is 164 g/mol. The Hall–Kier alpha value is -0.980. The first-order chi connectivity index (χ1) is 5.86. The molecule has 0 spiro atoms. The SMILES string of the molecule is C=CCc1ccc(CCCC)o1. The molecule has 0 aliphatic carbocycles. The number of aryl methyl sites for hydroxylation is 1.